The summed E-state index contributed by atoms with van der Waals surface area (Å²) in [4.78, 5) is 2.33. The highest BCUT2D eigenvalue weighted by Gasteiger charge is 2.16. The minimum atomic E-state index is 0.272. The van der Waals surface area contributed by atoms with Crippen LogP contribution in [0.3, 0.4) is 0 Å². The van der Waals surface area contributed by atoms with Crippen molar-refractivity contribution < 1.29 is 5.11 Å². The quantitative estimate of drug-likeness (QED) is 0.661. The van der Waals surface area contributed by atoms with Gasteiger partial charge in [-0.1, -0.05) is 27.2 Å². The number of nitrogens with zero attached hydrogens (tertiary/aromatic N) is 1. The van der Waals surface area contributed by atoms with Gasteiger partial charge in [-0.15, -0.1) is 0 Å². The molecule has 2 atom stereocenters. The van der Waals surface area contributed by atoms with Crippen LogP contribution < -0.4 is 0 Å². The van der Waals surface area contributed by atoms with Gasteiger partial charge < -0.3 is 5.11 Å². The lowest BCUT2D eigenvalue weighted by molar-refractivity contribution is 0.132. The summed E-state index contributed by atoms with van der Waals surface area (Å²) in [5.74, 6) is 0.719. The zero-order chi connectivity index (χ0) is 9.56. The molecule has 0 saturated heterocycles. The highest BCUT2D eigenvalue weighted by Crippen LogP contribution is 2.13. The summed E-state index contributed by atoms with van der Waals surface area (Å²) < 4.78 is 0. The number of rotatable bonds is 6. The fourth-order valence-electron chi connectivity index (χ4n) is 1.48. The maximum atomic E-state index is 8.83. The van der Waals surface area contributed by atoms with Gasteiger partial charge >= 0.3 is 0 Å². The number of aliphatic hydroxyl groups is 1. The molecular weight excluding hydrogens is 150 g/mol. The third-order valence-electron chi connectivity index (χ3n) is 2.84. The van der Waals surface area contributed by atoms with E-state index in [4.69, 9.17) is 5.11 Å². The topological polar surface area (TPSA) is 23.5 Å². The third kappa shape index (κ3) is 3.55. The van der Waals surface area contributed by atoms with E-state index in [1.165, 1.54) is 6.42 Å². The average molecular weight is 173 g/mol. The Balaban J connectivity index is 3.91. The monoisotopic (exact) mass is 173 g/mol. The Bertz CT molecular complexity index is 106. The molecule has 12 heavy (non-hydrogen) atoms. The van der Waals surface area contributed by atoms with Crippen LogP contribution in [0.5, 0.6) is 0 Å². The van der Waals surface area contributed by atoms with Gasteiger partial charge in [0.2, 0.25) is 0 Å². The number of likely N-dealkylation sites (N-methyl/N-ethyl adjacent to an activating group) is 1. The van der Waals surface area contributed by atoms with E-state index in [9.17, 15) is 0 Å². The van der Waals surface area contributed by atoms with Crippen molar-refractivity contribution in [2.45, 2.75) is 40.2 Å². The van der Waals surface area contributed by atoms with Crippen molar-refractivity contribution in [1.82, 2.24) is 4.90 Å². The Hall–Kier alpha value is -0.0800. The minimum Gasteiger partial charge on any atom is -0.395 e. The lowest BCUT2D eigenvalue weighted by Crippen LogP contribution is -2.39. The molecule has 0 aromatic heterocycles. The molecule has 74 valence electrons. The van der Waals surface area contributed by atoms with Crippen molar-refractivity contribution in [3.8, 4) is 0 Å². The molecule has 0 amide bonds. The second-order valence-corrected chi connectivity index (χ2v) is 3.48. The predicted octanol–water partition coefficient (Wildman–Crippen LogP) is 1.74. The van der Waals surface area contributed by atoms with E-state index < -0.39 is 0 Å². The van der Waals surface area contributed by atoms with Gasteiger partial charge in [-0.05, 0) is 19.4 Å². The van der Waals surface area contributed by atoms with Crippen molar-refractivity contribution in [3.05, 3.63) is 0 Å². The molecule has 2 unspecified atom stereocenters. The first-order chi connectivity index (χ1) is 5.67. The second kappa shape index (κ2) is 6.44. The van der Waals surface area contributed by atoms with Crippen molar-refractivity contribution in [2.24, 2.45) is 5.92 Å². The molecule has 2 heteroatoms. The Labute approximate surface area is 76.6 Å². The van der Waals surface area contributed by atoms with Crippen molar-refractivity contribution in [3.63, 3.8) is 0 Å². The normalized spacial score (nSPS) is 16.5. The molecule has 0 radical (unpaired) electrons. The summed E-state index contributed by atoms with van der Waals surface area (Å²) in [5.41, 5.74) is 0. The van der Waals surface area contributed by atoms with E-state index in [2.05, 4.69) is 32.6 Å². The lowest BCUT2D eigenvalue weighted by Gasteiger charge is -2.31. The van der Waals surface area contributed by atoms with Crippen LogP contribution in [0.2, 0.25) is 0 Å². The van der Waals surface area contributed by atoms with Gasteiger partial charge in [0.1, 0.15) is 0 Å². The largest absolute Gasteiger partial charge is 0.395 e. The summed E-state index contributed by atoms with van der Waals surface area (Å²) in [6.45, 7) is 11.0. The van der Waals surface area contributed by atoms with E-state index in [1.54, 1.807) is 0 Å². The summed E-state index contributed by atoms with van der Waals surface area (Å²) in [6, 6.07) is 0.590. The first kappa shape index (κ1) is 11.9. The molecule has 0 spiro atoms. The van der Waals surface area contributed by atoms with E-state index >= 15 is 0 Å². The first-order valence-corrected chi connectivity index (χ1v) is 5.02. The molecule has 1 N–H and O–H groups in total. The summed E-state index contributed by atoms with van der Waals surface area (Å²) >= 11 is 0. The van der Waals surface area contributed by atoms with Crippen LogP contribution in [0.25, 0.3) is 0 Å². The van der Waals surface area contributed by atoms with E-state index in [-0.39, 0.29) is 6.61 Å². The maximum Gasteiger partial charge on any atom is 0.0558 e. The average Bonchev–Trinajstić information content (AvgIpc) is 2.11. The minimum absolute atomic E-state index is 0.272. The molecular formula is C10H23NO. The molecule has 0 saturated carbocycles. The first-order valence-electron chi connectivity index (χ1n) is 5.02. The molecule has 0 fully saturated rings. The lowest BCUT2D eigenvalue weighted by atomic mass is 9.99. The van der Waals surface area contributed by atoms with Crippen LogP contribution in [-0.2, 0) is 0 Å². The molecule has 0 aromatic rings. The summed E-state index contributed by atoms with van der Waals surface area (Å²) in [5, 5.41) is 8.83. The molecule has 0 rings (SSSR count). The standard InChI is InChI=1S/C10H23NO/c1-5-9(3)10(4)11(6-2)7-8-12/h9-10,12H,5-8H2,1-4H3. The predicted molar refractivity (Wildman–Crippen MR) is 53.2 cm³/mol. The fraction of sp³-hybridized carbons (Fsp3) is 1.00. The zero-order valence-corrected chi connectivity index (χ0v) is 8.88. The van der Waals surface area contributed by atoms with Crippen molar-refractivity contribution in [2.75, 3.05) is 19.7 Å². The van der Waals surface area contributed by atoms with E-state index in [0.717, 1.165) is 19.0 Å². The highest BCUT2D eigenvalue weighted by atomic mass is 16.3. The van der Waals surface area contributed by atoms with Gasteiger partial charge in [0, 0.05) is 12.6 Å². The summed E-state index contributed by atoms with van der Waals surface area (Å²) in [6.07, 6.45) is 1.21. The second-order valence-electron chi connectivity index (χ2n) is 3.48. The van der Waals surface area contributed by atoms with Crippen LogP contribution in [0, 0.1) is 5.92 Å². The molecule has 0 aliphatic heterocycles. The maximum absolute atomic E-state index is 8.83. The SMILES string of the molecule is CCC(C)C(C)N(CC)CCO. The highest BCUT2D eigenvalue weighted by molar-refractivity contribution is 4.70. The molecule has 0 aliphatic rings. The van der Waals surface area contributed by atoms with Gasteiger partial charge in [-0.3, -0.25) is 4.90 Å². The number of hydrogen-bond donors (Lipinski definition) is 1. The Morgan fingerprint density at radius 3 is 2.17 bits per heavy atom. The smallest absolute Gasteiger partial charge is 0.0558 e. The van der Waals surface area contributed by atoms with Crippen molar-refractivity contribution >= 4 is 0 Å². The Morgan fingerprint density at radius 1 is 1.25 bits per heavy atom. The molecule has 0 bridgehead atoms. The number of hydrogen-bond acceptors (Lipinski definition) is 2. The van der Waals surface area contributed by atoms with Gasteiger partial charge in [-0.25, -0.2) is 0 Å². The van der Waals surface area contributed by atoms with Crippen LogP contribution in [0.15, 0.2) is 0 Å². The fourth-order valence-corrected chi connectivity index (χ4v) is 1.48. The van der Waals surface area contributed by atoms with Gasteiger partial charge in [0.25, 0.3) is 0 Å². The van der Waals surface area contributed by atoms with Crippen LogP contribution >= 0.6 is 0 Å². The molecule has 0 heterocycles. The van der Waals surface area contributed by atoms with Crippen molar-refractivity contribution in [1.29, 1.82) is 0 Å². The zero-order valence-electron chi connectivity index (χ0n) is 8.88. The molecule has 2 nitrogen and oxygen atoms in total. The summed E-state index contributed by atoms with van der Waals surface area (Å²) in [7, 11) is 0. The van der Waals surface area contributed by atoms with Gasteiger partial charge in [0.15, 0.2) is 0 Å². The molecule has 0 aromatic carbocycles. The van der Waals surface area contributed by atoms with E-state index in [1.807, 2.05) is 0 Å². The van der Waals surface area contributed by atoms with Gasteiger partial charge in [-0.2, -0.15) is 0 Å². The van der Waals surface area contributed by atoms with Gasteiger partial charge in [0.05, 0.1) is 6.61 Å². The van der Waals surface area contributed by atoms with Crippen LogP contribution in [0.4, 0.5) is 0 Å². The third-order valence-corrected chi connectivity index (χ3v) is 2.84. The van der Waals surface area contributed by atoms with Crippen LogP contribution in [-0.4, -0.2) is 35.7 Å². The Kier molecular flexibility index (Phi) is 6.39. The Morgan fingerprint density at radius 2 is 1.83 bits per heavy atom. The van der Waals surface area contributed by atoms with E-state index in [0.29, 0.717) is 6.04 Å². The molecule has 0 aliphatic carbocycles. The van der Waals surface area contributed by atoms with Crippen LogP contribution in [0.1, 0.15) is 34.1 Å². The number of aliphatic hydroxyl groups excluding tert-OH is 1.